The van der Waals surface area contributed by atoms with Crippen LogP contribution < -0.4 is 0 Å². The summed E-state index contributed by atoms with van der Waals surface area (Å²) in [5.74, 6) is 0. The molecule has 0 amide bonds. The van der Waals surface area contributed by atoms with E-state index < -0.39 is 0 Å². The first-order chi connectivity index (χ1) is 9.60. The Kier molecular flexibility index (Phi) is 3.18. The molecule has 0 fully saturated rings. The lowest BCUT2D eigenvalue weighted by atomic mass is 10.1. The van der Waals surface area contributed by atoms with Crippen molar-refractivity contribution in [3.63, 3.8) is 0 Å². The fourth-order valence-electron chi connectivity index (χ4n) is 2.28. The monoisotopic (exact) mass is 328 g/mol. The van der Waals surface area contributed by atoms with Crippen molar-refractivity contribution in [3.8, 4) is 5.69 Å². The second-order valence-corrected chi connectivity index (χ2v) is 5.78. The van der Waals surface area contributed by atoms with E-state index in [2.05, 4.69) is 46.9 Å². The number of nitrogens with zero attached hydrogens (tertiary/aromatic N) is 2. The zero-order chi connectivity index (χ0) is 14.3. The van der Waals surface area contributed by atoms with Crippen molar-refractivity contribution in [1.29, 1.82) is 0 Å². The van der Waals surface area contributed by atoms with Crippen molar-refractivity contribution in [2.75, 3.05) is 0 Å². The van der Waals surface area contributed by atoms with Gasteiger partial charge in [-0.05, 0) is 55.3 Å². The summed E-state index contributed by atoms with van der Waals surface area (Å²) in [5, 5.41) is 0. The molecule has 0 radical (unpaired) electrons. The fourth-order valence-corrected chi connectivity index (χ4v) is 2.63. The van der Waals surface area contributed by atoms with Gasteiger partial charge in [0.1, 0.15) is 6.33 Å². The first-order valence-corrected chi connectivity index (χ1v) is 7.09. The Bertz CT molecular complexity index is 821. The van der Waals surface area contributed by atoms with Crippen LogP contribution in [0.5, 0.6) is 0 Å². The molecule has 0 unspecified atom stereocenters. The van der Waals surface area contributed by atoms with E-state index in [-0.39, 0.29) is 0 Å². The molecule has 20 heavy (non-hydrogen) atoms. The zero-order valence-corrected chi connectivity index (χ0v) is 12.8. The summed E-state index contributed by atoms with van der Waals surface area (Å²) < 4.78 is 2.89. The molecular formula is C16H13BrN2O. The van der Waals surface area contributed by atoms with Crippen molar-refractivity contribution < 1.29 is 4.79 Å². The molecule has 3 rings (SSSR count). The SMILES string of the molecule is Cc1cc2ncn(-c3cc(Br)ccc3C=O)c2cc1C. The average Bonchev–Trinajstić information content (AvgIpc) is 2.82. The molecule has 0 aliphatic carbocycles. The molecular weight excluding hydrogens is 316 g/mol. The van der Waals surface area contributed by atoms with Crippen LogP contribution in [-0.4, -0.2) is 15.8 Å². The van der Waals surface area contributed by atoms with Crippen molar-refractivity contribution >= 4 is 33.2 Å². The Morgan fingerprint density at radius 3 is 2.65 bits per heavy atom. The maximum atomic E-state index is 11.2. The summed E-state index contributed by atoms with van der Waals surface area (Å²) in [7, 11) is 0. The van der Waals surface area contributed by atoms with Gasteiger partial charge in [0.25, 0.3) is 0 Å². The van der Waals surface area contributed by atoms with Crippen LogP contribution in [0.15, 0.2) is 41.1 Å². The predicted octanol–water partition coefficient (Wildman–Crippen LogP) is 4.22. The van der Waals surface area contributed by atoms with Crippen LogP contribution in [0.4, 0.5) is 0 Å². The molecule has 2 aromatic carbocycles. The maximum Gasteiger partial charge on any atom is 0.152 e. The summed E-state index contributed by atoms with van der Waals surface area (Å²) in [6, 6.07) is 9.77. The Morgan fingerprint density at radius 1 is 1.15 bits per heavy atom. The number of imidazole rings is 1. The van der Waals surface area contributed by atoms with Crippen LogP contribution in [0.1, 0.15) is 21.5 Å². The van der Waals surface area contributed by atoms with Crippen molar-refractivity contribution in [1.82, 2.24) is 9.55 Å². The minimum absolute atomic E-state index is 0.644. The van der Waals surface area contributed by atoms with Gasteiger partial charge in [0.15, 0.2) is 6.29 Å². The molecule has 0 atom stereocenters. The van der Waals surface area contributed by atoms with Gasteiger partial charge in [0.2, 0.25) is 0 Å². The zero-order valence-electron chi connectivity index (χ0n) is 11.2. The normalized spacial score (nSPS) is 10.9. The van der Waals surface area contributed by atoms with E-state index >= 15 is 0 Å². The van der Waals surface area contributed by atoms with Gasteiger partial charge in [-0.25, -0.2) is 4.98 Å². The van der Waals surface area contributed by atoms with Gasteiger partial charge >= 0.3 is 0 Å². The summed E-state index contributed by atoms with van der Waals surface area (Å²) >= 11 is 3.45. The average molecular weight is 329 g/mol. The van der Waals surface area contributed by atoms with Crippen molar-refractivity contribution in [2.24, 2.45) is 0 Å². The number of rotatable bonds is 2. The van der Waals surface area contributed by atoms with Crippen molar-refractivity contribution in [2.45, 2.75) is 13.8 Å². The minimum Gasteiger partial charge on any atom is -0.298 e. The molecule has 0 spiro atoms. The van der Waals surface area contributed by atoms with E-state index in [4.69, 9.17) is 0 Å². The Hall–Kier alpha value is -1.94. The molecule has 100 valence electrons. The van der Waals surface area contributed by atoms with Gasteiger partial charge in [-0.2, -0.15) is 0 Å². The van der Waals surface area contributed by atoms with Crippen LogP contribution in [0.3, 0.4) is 0 Å². The summed E-state index contributed by atoms with van der Waals surface area (Å²) in [5.41, 5.74) is 5.85. The third-order valence-corrected chi connectivity index (χ3v) is 4.03. The predicted molar refractivity (Wildman–Crippen MR) is 83.6 cm³/mol. The number of hydrogen-bond acceptors (Lipinski definition) is 2. The van der Waals surface area contributed by atoms with Crippen LogP contribution in [-0.2, 0) is 0 Å². The van der Waals surface area contributed by atoms with Gasteiger partial charge in [0.05, 0.1) is 16.7 Å². The highest BCUT2D eigenvalue weighted by Gasteiger charge is 2.10. The van der Waals surface area contributed by atoms with Crippen molar-refractivity contribution in [3.05, 3.63) is 57.8 Å². The minimum atomic E-state index is 0.644. The summed E-state index contributed by atoms with van der Waals surface area (Å²) in [6.07, 6.45) is 2.63. The van der Waals surface area contributed by atoms with Gasteiger partial charge in [0, 0.05) is 10.0 Å². The van der Waals surface area contributed by atoms with Gasteiger partial charge in [-0.3, -0.25) is 9.36 Å². The highest BCUT2D eigenvalue weighted by molar-refractivity contribution is 9.10. The van der Waals surface area contributed by atoms with E-state index in [1.54, 1.807) is 12.4 Å². The standard InChI is InChI=1S/C16H13BrN2O/c1-10-5-14-16(6-11(10)2)19(9-18-14)15-7-13(17)4-3-12(15)8-20/h3-9H,1-2H3. The molecule has 0 aliphatic heterocycles. The van der Waals surface area contributed by atoms with Crippen LogP contribution in [0.25, 0.3) is 16.7 Å². The topological polar surface area (TPSA) is 34.9 Å². The Morgan fingerprint density at radius 2 is 1.90 bits per heavy atom. The van der Waals surface area contributed by atoms with Gasteiger partial charge in [-0.1, -0.05) is 15.9 Å². The highest BCUT2D eigenvalue weighted by atomic mass is 79.9. The second kappa shape index (κ2) is 4.87. The third-order valence-electron chi connectivity index (χ3n) is 3.54. The molecule has 1 heterocycles. The maximum absolute atomic E-state index is 11.2. The molecule has 0 bridgehead atoms. The molecule has 0 N–H and O–H groups in total. The largest absolute Gasteiger partial charge is 0.298 e. The fraction of sp³-hybridized carbons (Fsp3) is 0.125. The summed E-state index contributed by atoms with van der Waals surface area (Å²) in [4.78, 5) is 15.7. The van der Waals surface area contributed by atoms with Crippen LogP contribution >= 0.6 is 15.9 Å². The summed E-state index contributed by atoms with van der Waals surface area (Å²) in [6.45, 7) is 4.15. The lowest BCUT2D eigenvalue weighted by Crippen LogP contribution is -1.98. The molecule has 0 saturated carbocycles. The first-order valence-electron chi connectivity index (χ1n) is 6.29. The molecule has 3 aromatic rings. The van der Waals surface area contributed by atoms with E-state index in [9.17, 15) is 4.79 Å². The Labute approximate surface area is 125 Å². The Balaban J connectivity index is 2.32. The third kappa shape index (κ3) is 2.06. The van der Waals surface area contributed by atoms with E-state index in [0.29, 0.717) is 5.56 Å². The quantitative estimate of drug-likeness (QED) is 0.660. The second-order valence-electron chi connectivity index (χ2n) is 4.86. The first kappa shape index (κ1) is 13.1. The number of fused-ring (bicyclic) bond motifs is 1. The number of aldehydes is 1. The lowest BCUT2D eigenvalue weighted by Gasteiger charge is -2.09. The number of benzene rings is 2. The molecule has 1 aromatic heterocycles. The smallest absolute Gasteiger partial charge is 0.152 e. The molecule has 0 saturated heterocycles. The van der Waals surface area contributed by atoms with E-state index in [1.165, 1.54) is 11.1 Å². The van der Waals surface area contributed by atoms with E-state index in [0.717, 1.165) is 27.5 Å². The number of halogens is 1. The molecule has 4 heteroatoms. The molecule has 0 aliphatic rings. The van der Waals surface area contributed by atoms with Gasteiger partial charge in [-0.15, -0.1) is 0 Å². The van der Waals surface area contributed by atoms with Crippen LogP contribution in [0.2, 0.25) is 0 Å². The lowest BCUT2D eigenvalue weighted by molar-refractivity contribution is 0.112. The number of hydrogen-bond donors (Lipinski definition) is 0. The van der Waals surface area contributed by atoms with E-state index in [1.807, 2.05) is 16.7 Å². The number of carbonyl (C=O) groups excluding carboxylic acids is 1. The number of carbonyl (C=O) groups is 1. The molecule has 3 nitrogen and oxygen atoms in total. The number of aryl methyl sites for hydroxylation is 2. The number of aromatic nitrogens is 2. The van der Waals surface area contributed by atoms with Gasteiger partial charge < -0.3 is 0 Å². The van der Waals surface area contributed by atoms with Crippen LogP contribution in [0, 0.1) is 13.8 Å². The highest BCUT2D eigenvalue weighted by Crippen LogP contribution is 2.25.